The predicted molar refractivity (Wildman–Crippen MR) is 119 cm³/mol. The van der Waals surface area contributed by atoms with Crippen molar-refractivity contribution < 1.29 is 4.74 Å². The number of pyridine rings is 1. The lowest BCUT2D eigenvalue weighted by Crippen LogP contribution is -2.01. The maximum Gasteiger partial charge on any atom is 0.130 e. The summed E-state index contributed by atoms with van der Waals surface area (Å²) in [7, 11) is 0. The Bertz CT molecular complexity index is 1310. The summed E-state index contributed by atoms with van der Waals surface area (Å²) in [5.41, 5.74) is 4.43. The highest BCUT2D eigenvalue weighted by atomic mass is 16.5. The molecule has 5 rings (SSSR count). The van der Waals surface area contributed by atoms with Gasteiger partial charge in [0.2, 0.25) is 0 Å². The van der Waals surface area contributed by atoms with Gasteiger partial charge in [0.25, 0.3) is 0 Å². The minimum atomic E-state index is 0.672. The number of nitrogens with zero attached hydrogens (tertiary/aromatic N) is 1. The lowest BCUT2D eigenvalue weighted by Gasteiger charge is -2.10. The number of fused-ring (bicyclic) bond motifs is 3. The lowest BCUT2D eigenvalue weighted by molar-refractivity contribution is 0.478. The number of nitrogens with one attached hydrogen (secondary N) is 2. The summed E-state index contributed by atoms with van der Waals surface area (Å²) in [5.74, 6) is 2.56. The number of aryl methyl sites for hydroxylation is 1. The highest BCUT2D eigenvalue weighted by Gasteiger charge is 2.06. The van der Waals surface area contributed by atoms with Crippen molar-refractivity contribution in [2.75, 3.05) is 5.32 Å². The zero-order valence-electron chi connectivity index (χ0n) is 16.1. The molecule has 4 nitrogen and oxygen atoms in total. The molecule has 0 spiro atoms. The Morgan fingerprint density at radius 2 is 1.72 bits per heavy atom. The van der Waals surface area contributed by atoms with E-state index in [4.69, 9.17) is 4.74 Å². The molecule has 4 heteroatoms. The molecule has 2 heterocycles. The number of aromatic amines is 1. The molecule has 0 aliphatic heterocycles. The first-order valence-corrected chi connectivity index (χ1v) is 9.69. The Morgan fingerprint density at radius 3 is 2.66 bits per heavy atom. The standard InChI is InChI=1S/C25H21N3O/c1-17-7-2-5-12-24(17)29-19-9-6-8-18(13-19)15-26-25-14-21-20-10-3-4-11-22(20)28-23(21)16-27-25/h2-14,16,28H,15H2,1H3,(H,26,27). The fourth-order valence-electron chi connectivity index (χ4n) is 3.56. The van der Waals surface area contributed by atoms with Gasteiger partial charge in [0.15, 0.2) is 0 Å². The van der Waals surface area contributed by atoms with E-state index in [2.05, 4.69) is 51.7 Å². The summed E-state index contributed by atoms with van der Waals surface area (Å²) >= 11 is 0. The first-order chi connectivity index (χ1) is 14.3. The molecule has 0 saturated carbocycles. The predicted octanol–water partition coefficient (Wildman–Crippen LogP) is 6.43. The average Bonchev–Trinajstić information content (AvgIpc) is 3.12. The third-order valence-electron chi connectivity index (χ3n) is 5.08. The lowest BCUT2D eigenvalue weighted by atomic mass is 10.2. The van der Waals surface area contributed by atoms with Crippen molar-refractivity contribution in [3.8, 4) is 11.5 Å². The number of benzene rings is 3. The molecule has 2 aromatic heterocycles. The molecule has 0 amide bonds. The van der Waals surface area contributed by atoms with E-state index in [1.807, 2.05) is 55.6 Å². The van der Waals surface area contributed by atoms with E-state index in [9.17, 15) is 0 Å². The average molecular weight is 379 g/mol. The van der Waals surface area contributed by atoms with Crippen molar-refractivity contribution in [2.24, 2.45) is 0 Å². The van der Waals surface area contributed by atoms with Gasteiger partial charge in [-0.2, -0.15) is 0 Å². The number of hydrogen-bond acceptors (Lipinski definition) is 3. The van der Waals surface area contributed by atoms with Crippen LogP contribution in [0.5, 0.6) is 11.5 Å². The molecule has 5 aromatic rings. The molecule has 142 valence electrons. The zero-order chi connectivity index (χ0) is 19.6. The van der Waals surface area contributed by atoms with Gasteiger partial charge in [-0.1, -0.05) is 48.5 Å². The molecule has 0 unspecified atom stereocenters. The monoisotopic (exact) mass is 379 g/mol. The van der Waals surface area contributed by atoms with Crippen molar-refractivity contribution in [2.45, 2.75) is 13.5 Å². The van der Waals surface area contributed by atoms with E-state index < -0.39 is 0 Å². The molecule has 0 fully saturated rings. The number of ether oxygens (including phenoxy) is 1. The molecule has 0 radical (unpaired) electrons. The van der Waals surface area contributed by atoms with Crippen molar-refractivity contribution in [3.63, 3.8) is 0 Å². The number of H-pyrrole nitrogens is 1. The summed E-state index contributed by atoms with van der Waals surface area (Å²) < 4.78 is 6.05. The van der Waals surface area contributed by atoms with Crippen molar-refractivity contribution >= 4 is 27.6 Å². The van der Waals surface area contributed by atoms with E-state index in [-0.39, 0.29) is 0 Å². The van der Waals surface area contributed by atoms with Crippen LogP contribution in [0.15, 0.2) is 85.1 Å². The van der Waals surface area contributed by atoms with Gasteiger partial charge in [0.1, 0.15) is 17.3 Å². The SMILES string of the molecule is Cc1ccccc1Oc1cccc(CNc2cc3c(cn2)[nH]c2ccccc23)c1. The first kappa shape index (κ1) is 17.3. The normalized spacial score (nSPS) is 11.1. The van der Waals surface area contributed by atoms with Gasteiger partial charge in [-0.05, 0) is 48.4 Å². The highest BCUT2D eigenvalue weighted by Crippen LogP contribution is 2.27. The van der Waals surface area contributed by atoms with Gasteiger partial charge in [-0.25, -0.2) is 4.98 Å². The van der Waals surface area contributed by atoms with Gasteiger partial charge in [0.05, 0.1) is 11.7 Å². The number of para-hydroxylation sites is 2. The van der Waals surface area contributed by atoms with Crippen LogP contribution in [-0.2, 0) is 6.54 Å². The second-order valence-electron chi connectivity index (χ2n) is 7.15. The summed E-state index contributed by atoms with van der Waals surface area (Å²) in [4.78, 5) is 7.95. The number of hydrogen-bond donors (Lipinski definition) is 2. The largest absolute Gasteiger partial charge is 0.457 e. The Kier molecular flexibility index (Phi) is 4.37. The van der Waals surface area contributed by atoms with Gasteiger partial charge in [-0.3, -0.25) is 0 Å². The first-order valence-electron chi connectivity index (χ1n) is 9.69. The van der Waals surface area contributed by atoms with Crippen LogP contribution in [0.4, 0.5) is 5.82 Å². The van der Waals surface area contributed by atoms with E-state index in [0.717, 1.165) is 39.5 Å². The summed E-state index contributed by atoms with van der Waals surface area (Å²) in [6, 6.07) is 26.6. The molecule has 2 N–H and O–H groups in total. The number of rotatable bonds is 5. The van der Waals surface area contributed by atoms with E-state index in [1.165, 1.54) is 10.8 Å². The maximum absolute atomic E-state index is 6.05. The highest BCUT2D eigenvalue weighted by molar-refractivity contribution is 6.07. The van der Waals surface area contributed by atoms with Gasteiger partial charge < -0.3 is 15.0 Å². The quantitative estimate of drug-likeness (QED) is 0.370. The molecule has 3 aromatic carbocycles. The van der Waals surface area contributed by atoms with E-state index in [1.54, 1.807) is 0 Å². The Morgan fingerprint density at radius 1 is 0.862 bits per heavy atom. The minimum Gasteiger partial charge on any atom is -0.457 e. The van der Waals surface area contributed by atoms with Gasteiger partial charge >= 0.3 is 0 Å². The second-order valence-corrected chi connectivity index (χ2v) is 7.15. The van der Waals surface area contributed by atoms with Gasteiger partial charge in [-0.15, -0.1) is 0 Å². The zero-order valence-corrected chi connectivity index (χ0v) is 16.1. The van der Waals surface area contributed by atoms with E-state index in [0.29, 0.717) is 6.54 Å². The fraction of sp³-hybridized carbons (Fsp3) is 0.0800. The number of anilines is 1. The molecule has 0 bridgehead atoms. The summed E-state index contributed by atoms with van der Waals surface area (Å²) in [6.45, 7) is 2.72. The van der Waals surface area contributed by atoms with Crippen LogP contribution in [0.3, 0.4) is 0 Å². The topological polar surface area (TPSA) is 49.9 Å². The second kappa shape index (κ2) is 7.32. The van der Waals surface area contributed by atoms with Gasteiger partial charge in [0, 0.05) is 22.8 Å². The number of aromatic nitrogens is 2. The van der Waals surface area contributed by atoms with Crippen molar-refractivity contribution in [1.82, 2.24) is 9.97 Å². The molecule has 29 heavy (non-hydrogen) atoms. The maximum atomic E-state index is 6.05. The molecule has 0 atom stereocenters. The molecular weight excluding hydrogens is 358 g/mol. The van der Waals surface area contributed by atoms with Crippen LogP contribution in [0, 0.1) is 6.92 Å². The third kappa shape index (κ3) is 3.52. The van der Waals surface area contributed by atoms with Crippen LogP contribution in [0.2, 0.25) is 0 Å². The molecule has 0 aliphatic rings. The molecule has 0 saturated heterocycles. The Balaban J connectivity index is 1.35. The van der Waals surface area contributed by atoms with Crippen molar-refractivity contribution in [1.29, 1.82) is 0 Å². The summed E-state index contributed by atoms with van der Waals surface area (Å²) in [5, 5.41) is 5.81. The minimum absolute atomic E-state index is 0.672. The van der Waals surface area contributed by atoms with Crippen LogP contribution in [0.25, 0.3) is 21.8 Å². The third-order valence-corrected chi connectivity index (χ3v) is 5.08. The van der Waals surface area contributed by atoms with Crippen molar-refractivity contribution in [3.05, 3.63) is 96.2 Å². The van der Waals surface area contributed by atoms with E-state index >= 15 is 0 Å². The van der Waals surface area contributed by atoms with Crippen LogP contribution in [0.1, 0.15) is 11.1 Å². The van der Waals surface area contributed by atoms with Crippen LogP contribution >= 0.6 is 0 Å². The van der Waals surface area contributed by atoms with Crippen LogP contribution in [-0.4, -0.2) is 9.97 Å². The van der Waals surface area contributed by atoms with Crippen LogP contribution < -0.4 is 10.1 Å². The smallest absolute Gasteiger partial charge is 0.130 e. The Hall–Kier alpha value is -3.79. The molecule has 0 aliphatic carbocycles. The molecular formula is C25H21N3O. The fourth-order valence-corrected chi connectivity index (χ4v) is 3.56. The Labute approximate surface area is 169 Å². The summed E-state index contributed by atoms with van der Waals surface area (Å²) in [6.07, 6.45) is 1.88.